The van der Waals surface area contributed by atoms with E-state index in [1.807, 2.05) is 30.1 Å². The lowest BCUT2D eigenvalue weighted by atomic mass is 9.96. The molecule has 1 aliphatic heterocycles. The van der Waals surface area contributed by atoms with Crippen LogP contribution < -0.4 is 0 Å². The Balaban J connectivity index is 1.56. The van der Waals surface area contributed by atoms with Crippen molar-refractivity contribution in [2.75, 3.05) is 13.1 Å². The third kappa shape index (κ3) is 2.45. The summed E-state index contributed by atoms with van der Waals surface area (Å²) in [5, 5.41) is 11.7. The van der Waals surface area contributed by atoms with Crippen LogP contribution in [-0.4, -0.2) is 54.1 Å². The Hall–Kier alpha value is -2.77. The zero-order valence-electron chi connectivity index (χ0n) is 12.8. The van der Waals surface area contributed by atoms with Crippen LogP contribution >= 0.6 is 0 Å². The van der Waals surface area contributed by atoms with Crippen molar-refractivity contribution < 1.29 is 4.79 Å². The standard InChI is InChI=1S/C15H17N7O/c1-21-14(18-19-20-21)11-3-2-6-22(8-11)15(23)10-4-5-12-13(7-10)17-9-16-12/h4-5,7,9,11H,2-3,6,8H2,1H3,(H,16,17). The predicted octanol–water partition coefficient (Wildman–Crippen LogP) is 1.11. The zero-order chi connectivity index (χ0) is 15.8. The number of aromatic amines is 1. The summed E-state index contributed by atoms with van der Waals surface area (Å²) >= 11 is 0. The summed E-state index contributed by atoms with van der Waals surface area (Å²) in [6.45, 7) is 1.41. The maximum atomic E-state index is 12.8. The summed E-state index contributed by atoms with van der Waals surface area (Å²) < 4.78 is 1.69. The third-order valence-corrected chi connectivity index (χ3v) is 4.39. The second kappa shape index (κ2) is 5.45. The number of rotatable bonds is 2. The number of nitrogens with one attached hydrogen (secondary N) is 1. The molecule has 1 aromatic carbocycles. The number of hydrogen-bond donors (Lipinski definition) is 1. The first-order chi connectivity index (χ1) is 11.2. The van der Waals surface area contributed by atoms with Gasteiger partial charge in [0, 0.05) is 31.6 Å². The highest BCUT2D eigenvalue weighted by atomic mass is 16.2. The molecule has 0 bridgehead atoms. The molecule has 1 unspecified atom stereocenters. The number of imidazole rings is 1. The monoisotopic (exact) mass is 311 g/mol. The molecule has 8 heteroatoms. The van der Waals surface area contributed by atoms with E-state index in [0.29, 0.717) is 12.1 Å². The number of likely N-dealkylation sites (tertiary alicyclic amines) is 1. The van der Waals surface area contributed by atoms with Gasteiger partial charge in [-0.2, -0.15) is 0 Å². The summed E-state index contributed by atoms with van der Waals surface area (Å²) in [7, 11) is 1.84. The summed E-state index contributed by atoms with van der Waals surface area (Å²) in [6.07, 6.45) is 3.59. The van der Waals surface area contributed by atoms with Crippen molar-refractivity contribution >= 4 is 16.9 Å². The largest absolute Gasteiger partial charge is 0.345 e. The highest BCUT2D eigenvalue weighted by molar-refractivity contribution is 5.97. The fraction of sp³-hybridized carbons (Fsp3) is 0.400. The number of hydrogen-bond acceptors (Lipinski definition) is 5. The molecule has 4 rings (SSSR count). The van der Waals surface area contributed by atoms with E-state index in [9.17, 15) is 4.79 Å². The van der Waals surface area contributed by atoms with Crippen molar-refractivity contribution in [2.24, 2.45) is 7.05 Å². The molecule has 0 aliphatic carbocycles. The van der Waals surface area contributed by atoms with Crippen LogP contribution in [0.4, 0.5) is 0 Å². The van der Waals surface area contributed by atoms with Crippen molar-refractivity contribution in [3.05, 3.63) is 35.9 Å². The average molecular weight is 311 g/mol. The van der Waals surface area contributed by atoms with E-state index in [1.165, 1.54) is 0 Å². The normalized spacial score (nSPS) is 18.5. The number of aromatic nitrogens is 6. The van der Waals surface area contributed by atoms with Gasteiger partial charge in [-0.3, -0.25) is 4.79 Å². The lowest BCUT2D eigenvalue weighted by Crippen LogP contribution is -2.39. The number of benzene rings is 1. The van der Waals surface area contributed by atoms with Crippen molar-refractivity contribution in [3.8, 4) is 0 Å². The van der Waals surface area contributed by atoms with Gasteiger partial charge in [0.1, 0.15) is 0 Å². The topological polar surface area (TPSA) is 92.6 Å². The molecule has 1 N–H and O–H groups in total. The first-order valence-electron chi connectivity index (χ1n) is 7.67. The summed E-state index contributed by atoms with van der Waals surface area (Å²) in [4.78, 5) is 21.9. The Labute approximate surface area is 132 Å². The molecule has 1 fully saturated rings. The van der Waals surface area contributed by atoms with Crippen LogP contribution in [0.2, 0.25) is 0 Å². The molecule has 1 atom stereocenters. The molecule has 1 saturated heterocycles. The van der Waals surface area contributed by atoms with Gasteiger partial charge in [-0.05, 0) is 41.5 Å². The Morgan fingerprint density at radius 1 is 1.39 bits per heavy atom. The Kier molecular flexibility index (Phi) is 3.29. The van der Waals surface area contributed by atoms with E-state index in [2.05, 4.69) is 25.5 Å². The van der Waals surface area contributed by atoms with Crippen LogP contribution in [-0.2, 0) is 7.05 Å². The Bertz CT molecular complexity index is 852. The predicted molar refractivity (Wildman–Crippen MR) is 82.8 cm³/mol. The van der Waals surface area contributed by atoms with E-state index in [0.717, 1.165) is 36.2 Å². The lowest BCUT2D eigenvalue weighted by molar-refractivity contribution is 0.0703. The van der Waals surface area contributed by atoms with Crippen LogP contribution in [0, 0.1) is 0 Å². The fourth-order valence-electron chi connectivity index (χ4n) is 3.21. The Morgan fingerprint density at radius 3 is 3.13 bits per heavy atom. The molecular formula is C15H17N7O. The van der Waals surface area contributed by atoms with Gasteiger partial charge in [0.05, 0.1) is 17.4 Å². The average Bonchev–Trinajstić information content (AvgIpc) is 3.22. The Morgan fingerprint density at radius 2 is 2.30 bits per heavy atom. The minimum atomic E-state index is 0.0429. The lowest BCUT2D eigenvalue weighted by Gasteiger charge is -2.32. The van der Waals surface area contributed by atoms with E-state index in [1.54, 1.807) is 11.0 Å². The second-order valence-corrected chi connectivity index (χ2v) is 5.89. The molecule has 0 saturated carbocycles. The van der Waals surface area contributed by atoms with Crippen molar-refractivity contribution in [3.63, 3.8) is 0 Å². The summed E-state index contributed by atoms with van der Waals surface area (Å²) in [5.41, 5.74) is 2.42. The van der Waals surface area contributed by atoms with Crippen LogP contribution in [0.15, 0.2) is 24.5 Å². The zero-order valence-corrected chi connectivity index (χ0v) is 12.8. The second-order valence-electron chi connectivity index (χ2n) is 5.89. The van der Waals surface area contributed by atoms with Crippen LogP contribution in [0.25, 0.3) is 11.0 Å². The van der Waals surface area contributed by atoms with Gasteiger partial charge < -0.3 is 9.88 Å². The van der Waals surface area contributed by atoms with Crippen molar-refractivity contribution in [1.29, 1.82) is 0 Å². The van der Waals surface area contributed by atoms with E-state index < -0.39 is 0 Å². The summed E-state index contributed by atoms with van der Waals surface area (Å²) in [5.74, 6) is 1.07. The highest BCUT2D eigenvalue weighted by Gasteiger charge is 2.28. The molecule has 23 heavy (non-hydrogen) atoms. The van der Waals surface area contributed by atoms with Gasteiger partial charge in [0.25, 0.3) is 5.91 Å². The van der Waals surface area contributed by atoms with E-state index in [-0.39, 0.29) is 11.8 Å². The SMILES string of the molecule is Cn1nnnc1C1CCCN(C(=O)c2ccc3nc[nH]c3c2)C1. The first kappa shape index (κ1) is 13.9. The third-order valence-electron chi connectivity index (χ3n) is 4.39. The number of fused-ring (bicyclic) bond motifs is 1. The molecule has 118 valence electrons. The number of nitrogens with zero attached hydrogens (tertiary/aromatic N) is 6. The van der Waals surface area contributed by atoms with Crippen LogP contribution in [0.5, 0.6) is 0 Å². The van der Waals surface area contributed by atoms with Gasteiger partial charge in [0.15, 0.2) is 5.82 Å². The van der Waals surface area contributed by atoms with Crippen LogP contribution in [0.3, 0.4) is 0 Å². The number of aryl methyl sites for hydroxylation is 1. The first-order valence-corrected chi connectivity index (χ1v) is 7.67. The van der Waals surface area contributed by atoms with Crippen molar-refractivity contribution in [1.82, 2.24) is 35.1 Å². The molecular weight excluding hydrogens is 294 g/mol. The molecule has 3 aromatic rings. The number of H-pyrrole nitrogens is 1. The molecule has 1 amide bonds. The molecule has 8 nitrogen and oxygen atoms in total. The summed E-state index contributed by atoms with van der Waals surface area (Å²) in [6, 6.07) is 5.56. The molecule has 3 heterocycles. The maximum absolute atomic E-state index is 12.8. The molecule has 1 aliphatic rings. The number of carbonyl (C=O) groups is 1. The molecule has 0 radical (unpaired) electrons. The van der Waals surface area contributed by atoms with Gasteiger partial charge in [-0.1, -0.05) is 0 Å². The van der Waals surface area contributed by atoms with Crippen molar-refractivity contribution in [2.45, 2.75) is 18.8 Å². The molecule has 0 spiro atoms. The van der Waals surface area contributed by atoms with Gasteiger partial charge in [-0.15, -0.1) is 5.10 Å². The van der Waals surface area contributed by atoms with Crippen LogP contribution in [0.1, 0.15) is 34.9 Å². The number of piperidine rings is 1. The maximum Gasteiger partial charge on any atom is 0.253 e. The minimum Gasteiger partial charge on any atom is -0.345 e. The van der Waals surface area contributed by atoms with E-state index >= 15 is 0 Å². The van der Waals surface area contributed by atoms with Gasteiger partial charge in [-0.25, -0.2) is 9.67 Å². The fourth-order valence-corrected chi connectivity index (χ4v) is 3.21. The minimum absolute atomic E-state index is 0.0429. The smallest absolute Gasteiger partial charge is 0.253 e. The number of carbonyl (C=O) groups excluding carboxylic acids is 1. The van der Waals surface area contributed by atoms with Gasteiger partial charge in [0.2, 0.25) is 0 Å². The highest BCUT2D eigenvalue weighted by Crippen LogP contribution is 2.26. The molecule has 2 aromatic heterocycles. The quantitative estimate of drug-likeness (QED) is 0.765. The van der Waals surface area contributed by atoms with E-state index in [4.69, 9.17) is 0 Å². The number of amides is 1. The van der Waals surface area contributed by atoms with Gasteiger partial charge >= 0.3 is 0 Å². The number of tetrazole rings is 1.